The first-order valence-corrected chi connectivity index (χ1v) is 6.82. The molecule has 0 saturated heterocycles. The van der Waals surface area contributed by atoms with Crippen LogP contribution >= 0.6 is 0 Å². The van der Waals surface area contributed by atoms with E-state index < -0.39 is 5.91 Å². The molecule has 0 bridgehead atoms. The molecule has 5 heteroatoms. The fraction of sp³-hybridized carbons (Fsp3) is 0.0588. The van der Waals surface area contributed by atoms with Gasteiger partial charge < -0.3 is 5.32 Å². The molecule has 1 aliphatic rings. The molecule has 0 aliphatic heterocycles. The van der Waals surface area contributed by atoms with Gasteiger partial charge in [0.2, 0.25) is 0 Å². The van der Waals surface area contributed by atoms with Crippen molar-refractivity contribution in [3.8, 4) is 0 Å². The smallest absolute Gasteiger partial charge is 0.270 e. The largest absolute Gasteiger partial charge is 0.322 e. The SMILES string of the molecule is O=C(NO)C1=Cc2cc(NC(=O)c3ccccc3)ccc2C1. The first-order valence-electron chi connectivity index (χ1n) is 6.82. The molecule has 0 aromatic heterocycles. The van der Waals surface area contributed by atoms with E-state index in [4.69, 9.17) is 5.21 Å². The van der Waals surface area contributed by atoms with E-state index in [0.717, 1.165) is 11.1 Å². The van der Waals surface area contributed by atoms with Gasteiger partial charge in [-0.25, -0.2) is 5.48 Å². The van der Waals surface area contributed by atoms with Crippen LogP contribution < -0.4 is 10.8 Å². The quantitative estimate of drug-likeness (QED) is 0.601. The van der Waals surface area contributed by atoms with Crippen LogP contribution in [0.1, 0.15) is 21.5 Å². The van der Waals surface area contributed by atoms with Gasteiger partial charge in [0, 0.05) is 23.2 Å². The van der Waals surface area contributed by atoms with E-state index in [0.29, 0.717) is 23.2 Å². The van der Waals surface area contributed by atoms with Gasteiger partial charge in [0.1, 0.15) is 0 Å². The zero-order valence-corrected chi connectivity index (χ0v) is 11.7. The van der Waals surface area contributed by atoms with Crippen molar-refractivity contribution in [3.63, 3.8) is 0 Å². The molecule has 3 rings (SSSR count). The zero-order valence-electron chi connectivity index (χ0n) is 11.7. The molecule has 0 atom stereocenters. The summed E-state index contributed by atoms with van der Waals surface area (Å²) in [5.74, 6) is -0.693. The van der Waals surface area contributed by atoms with Crippen LogP contribution in [0.4, 0.5) is 5.69 Å². The molecule has 2 aromatic rings. The molecule has 0 saturated carbocycles. The maximum Gasteiger partial charge on any atom is 0.270 e. The standard InChI is InChI=1S/C17H14N2O3/c20-16(11-4-2-1-3-5-11)18-15-7-6-12-8-14(17(21)19-22)9-13(12)10-15/h1-7,9-10,22H,8H2,(H,18,20)(H,19,21). The molecule has 3 N–H and O–H groups in total. The number of hydrogen-bond acceptors (Lipinski definition) is 3. The Morgan fingerprint density at radius 3 is 2.50 bits per heavy atom. The molecule has 22 heavy (non-hydrogen) atoms. The van der Waals surface area contributed by atoms with E-state index >= 15 is 0 Å². The molecule has 1 aliphatic carbocycles. The number of carbonyl (C=O) groups is 2. The van der Waals surface area contributed by atoms with E-state index in [1.54, 1.807) is 41.9 Å². The lowest BCUT2D eigenvalue weighted by molar-refractivity contribution is -0.125. The van der Waals surface area contributed by atoms with E-state index in [1.165, 1.54) is 0 Å². The van der Waals surface area contributed by atoms with Crippen molar-refractivity contribution in [2.75, 3.05) is 5.32 Å². The number of benzene rings is 2. The number of hydroxylamine groups is 1. The Morgan fingerprint density at radius 2 is 1.77 bits per heavy atom. The summed E-state index contributed by atoms with van der Waals surface area (Å²) in [4.78, 5) is 23.5. The van der Waals surface area contributed by atoms with Crippen molar-refractivity contribution < 1.29 is 14.8 Å². The third kappa shape index (κ3) is 2.75. The number of carbonyl (C=O) groups excluding carboxylic acids is 2. The third-order valence-electron chi connectivity index (χ3n) is 3.54. The molecule has 0 spiro atoms. The Kier molecular flexibility index (Phi) is 3.72. The van der Waals surface area contributed by atoms with Crippen molar-refractivity contribution >= 4 is 23.6 Å². The van der Waals surface area contributed by atoms with E-state index in [-0.39, 0.29) is 5.91 Å². The van der Waals surface area contributed by atoms with Gasteiger partial charge in [-0.3, -0.25) is 14.8 Å². The first-order chi connectivity index (χ1) is 10.7. The highest BCUT2D eigenvalue weighted by molar-refractivity contribution is 6.05. The second-order valence-electron chi connectivity index (χ2n) is 5.02. The van der Waals surface area contributed by atoms with Gasteiger partial charge in [0.05, 0.1) is 0 Å². The van der Waals surface area contributed by atoms with Gasteiger partial charge >= 0.3 is 0 Å². The Hall–Kier alpha value is -2.92. The lowest BCUT2D eigenvalue weighted by atomic mass is 10.1. The Balaban J connectivity index is 1.79. The fourth-order valence-corrected chi connectivity index (χ4v) is 2.42. The Bertz CT molecular complexity index is 767. The Labute approximate surface area is 127 Å². The third-order valence-corrected chi connectivity index (χ3v) is 3.54. The molecule has 2 aromatic carbocycles. The summed E-state index contributed by atoms with van der Waals surface area (Å²) in [6.07, 6.45) is 2.17. The van der Waals surface area contributed by atoms with Gasteiger partial charge in [0.15, 0.2) is 0 Å². The minimum absolute atomic E-state index is 0.184. The topological polar surface area (TPSA) is 78.4 Å². The molecule has 5 nitrogen and oxygen atoms in total. The van der Waals surface area contributed by atoms with Gasteiger partial charge in [-0.1, -0.05) is 24.3 Å². The minimum atomic E-state index is -0.508. The highest BCUT2D eigenvalue weighted by atomic mass is 16.5. The Morgan fingerprint density at radius 1 is 1.00 bits per heavy atom. The fourth-order valence-electron chi connectivity index (χ4n) is 2.42. The second-order valence-corrected chi connectivity index (χ2v) is 5.02. The van der Waals surface area contributed by atoms with Gasteiger partial charge in [-0.15, -0.1) is 0 Å². The average Bonchev–Trinajstić information content (AvgIpc) is 2.98. The van der Waals surface area contributed by atoms with E-state index in [9.17, 15) is 9.59 Å². The summed E-state index contributed by atoms with van der Waals surface area (Å²) in [6, 6.07) is 14.4. The van der Waals surface area contributed by atoms with Crippen LogP contribution in [0.25, 0.3) is 6.08 Å². The summed E-state index contributed by atoms with van der Waals surface area (Å²) in [6.45, 7) is 0. The van der Waals surface area contributed by atoms with E-state index in [2.05, 4.69) is 5.32 Å². The lowest BCUT2D eigenvalue weighted by Gasteiger charge is -2.07. The van der Waals surface area contributed by atoms with Crippen LogP contribution in [-0.2, 0) is 11.2 Å². The minimum Gasteiger partial charge on any atom is -0.322 e. The maximum absolute atomic E-state index is 12.1. The van der Waals surface area contributed by atoms with Gasteiger partial charge in [-0.2, -0.15) is 0 Å². The number of fused-ring (bicyclic) bond motifs is 1. The predicted octanol–water partition coefficient (Wildman–Crippen LogP) is 2.38. The molecule has 110 valence electrons. The van der Waals surface area contributed by atoms with Gasteiger partial charge in [-0.05, 0) is 41.5 Å². The van der Waals surface area contributed by atoms with Crippen LogP contribution in [0, 0.1) is 0 Å². The van der Waals surface area contributed by atoms with Crippen molar-refractivity contribution in [2.45, 2.75) is 6.42 Å². The molecular formula is C17H14N2O3. The molecule has 0 unspecified atom stereocenters. The second kappa shape index (κ2) is 5.83. The summed E-state index contributed by atoms with van der Waals surface area (Å²) < 4.78 is 0. The lowest BCUT2D eigenvalue weighted by Crippen LogP contribution is -2.20. The summed E-state index contributed by atoms with van der Waals surface area (Å²) in [7, 11) is 0. The zero-order chi connectivity index (χ0) is 15.5. The van der Waals surface area contributed by atoms with Crippen molar-refractivity contribution in [1.29, 1.82) is 0 Å². The van der Waals surface area contributed by atoms with Crippen LogP contribution in [0.3, 0.4) is 0 Å². The van der Waals surface area contributed by atoms with Crippen LogP contribution in [-0.4, -0.2) is 17.0 Å². The number of nitrogens with one attached hydrogen (secondary N) is 2. The molecule has 0 fully saturated rings. The highest BCUT2D eigenvalue weighted by Crippen LogP contribution is 2.27. The number of rotatable bonds is 3. The van der Waals surface area contributed by atoms with Crippen LogP contribution in [0.2, 0.25) is 0 Å². The number of anilines is 1. The summed E-state index contributed by atoms with van der Waals surface area (Å²) in [5.41, 5.74) is 5.21. The first kappa shape index (κ1) is 14.0. The molecular weight excluding hydrogens is 280 g/mol. The molecule has 0 radical (unpaired) electrons. The normalized spacial score (nSPS) is 12.3. The van der Waals surface area contributed by atoms with Crippen molar-refractivity contribution in [3.05, 3.63) is 70.8 Å². The van der Waals surface area contributed by atoms with Crippen molar-refractivity contribution in [2.24, 2.45) is 0 Å². The van der Waals surface area contributed by atoms with Crippen molar-refractivity contribution in [1.82, 2.24) is 5.48 Å². The average molecular weight is 294 g/mol. The summed E-state index contributed by atoms with van der Waals surface area (Å²) >= 11 is 0. The summed E-state index contributed by atoms with van der Waals surface area (Å²) in [5, 5.41) is 11.5. The number of hydrogen-bond donors (Lipinski definition) is 3. The monoisotopic (exact) mass is 294 g/mol. The predicted molar refractivity (Wildman–Crippen MR) is 82.4 cm³/mol. The van der Waals surface area contributed by atoms with Crippen LogP contribution in [0.5, 0.6) is 0 Å². The van der Waals surface area contributed by atoms with Crippen LogP contribution in [0.15, 0.2) is 54.1 Å². The number of amides is 2. The maximum atomic E-state index is 12.1. The van der Waals surface area contributed by atoms with E-state index in [1.807, 2.05) is 18.2 Å². The molecule has 2 amide bonds. The van der Waals surface area contributed by atoms with Gasteiger partial charge in [0.25, 0.3) is 11.8 Å². The highest BCUT2D eigenvalue weighted by Gasteiger charge is 2.18. The molecule has 0 heterocycles.